The van der Waals surface area contributed by atoms with Crippen molar-refractivity contribution in [3.05, 3.63) is 0 Å². The maximum absolute atomic E-state index is 10.5. The van der Waals surface area contributed by atoms with Gasteiger partial charge in [0, 0.05) is 6.54 Å². The Balaban J connectivity index is 3.49. The number of hydrogen-bond acceptors (Lipinski definition) is 3. The highest BCUT2D eigenvalue weighted by molar-refractivity contribution is 5.76. The van der Waals surface area contributed by atoms with Crippen molar-refractivity contribution in [3.8, 4) is 0 Å². The Kier molecular flexibility index (Phi) is 5.72. The minimum absolute atomic E-state index is 0.0976. The standard InChI is InChI=1S/C10H21NO3/c1-8(2)5-4-6-11-7-10(3,14)9(12)13/h8,11,14H,4-7H2,1-3H3,(H,12,13). The van der Waals surface area contributed by atoms with Crippen LogP contribution < -0.4 is 5.32 Å². The van der Waals surface area contributed by atoms with E-state index in [1.54, 1.807) is 0 Å². The fraction of sp³-hybridized carbons (Fsp3) is 0.900. The molecule has 0 aromatic carbocycles. The lowest BCUT2D eigenvalue weighted by Crippen LogP contribution is -2.45. The molecule has 0 fully saturated rings. The summed E-state index contributed by atoms with van der Waals surface area (Å²) in [4.78, 5) is 10.5. The van der Waals surface area contributed by atoms with E-state index in [9.17, 15) is 9.90 Å². The predicted molar refractivity (Wildman–Crippen MR) is 55.2 cm³/mol. The second kappa shape index (κ2) is 5.98. The smallest absolute Gasteiger partial charge is 0.336 e. The van der Waals surface area contributed by atoms with Crippen molar-refractivity contribution in [1.29, 1.82) is 0 Å². The SMILES string of the molecule is CC(C)CCCNCC(C)(O)C(=O)O. The molecular weight excluding hydrogens is 182 g/mol. The van der Waals surface area contributed by atoms with Crippen LogP contribution in [0, 0.1) is 5.92 Å². The van der Waals surface area contributed by atoms with E-state index in [2.05, 4.69) is 19.2 Å². The van der Waals surface area contributed by atoms with Gasteiger partial charge in [-0.25, -0.2) is 4.79 Å². The summed E-state index contributed by atoms with van der Waals surface area (Å²) >= 11 is 0. The molecule has 0 amide bonds. The van der Waals surface area contributed by atoms with Crippen LogP contribution in [0.25, 0.3) is 0 Å². The van der Waals surface area contributed by atoms with Gasteiger partial charge in [-0.15, -0.1) is 0 Å². The average Bonchev–Trinajstić information content (AvgIpc) is 2.02. The van der Waals surface area contributed by atoms with Gasteiger partial charge in [0.05, 0.1) is 0 Å². The zero-order valence-corrected chi connectivity index (χ0v) is 9.21. The largest absolute Gasteiger partial charge is 0.479 e. The molecule has 4 heteroatoms. The molecule has 0 spiro atoms. The lowest BCUT2D eigenvalue weighted by atomic mass is 10.1. The van der Waals surface area contributed by atoms with Gasteiger partial charge in [-0.2, -0.15) is 0 Å². The molecule has 4 nitrogen and oxygen atoms in total. The van der Waals surface area contributed by atoms with E-state index in [1.807, 2.05) is 0 Å². The maximum atomic E-state index is 10.5. The summed E-state index contributed by atoms with van der Waals surface area (Å²) in [7, 11) is 0. The zero-order chi connectivity index (χ0) is 11.2. The first-order chi connectivity index (χ1) is 6.36. The van der Waals surface area contributed by atoms with E-state index in [1.165, 1.54) is 6.92 Å². The topological polar surface area (TPSA) is 69.6 Å². The number of rotatable bonds is 7. The van der Waals surface area contributed by atoms with Gasteiger partial charge in [0.15, 0.2) is 5.60 Å². The Hall–Kier alpha value is -0.610. The molecule has 0 heterocycles. The first kappa shape index (κ1) is 13.4. The third kappa shape index (κ3) is 5.94. The van der Waals surface area contributed by atoms with E-state index in [0.717, 1.165) is 19.4 Å². The molecule has 14 heavy (non-hydrogen) atoms. The molecule has 0 radical (unpaired) electrons. The van der Waals surface area contributed by atoms with Crippen LogP contribution in [-0.4, -0.2) is 34.9 Å². The van der Waals surface area contributed by atoms with E-state index in [-0.39, 0.29) is 6.54 Å². The van der Waals surface area contributed by atoms with Crippen molar-refractivity contribution in [1.82, 2.24) is 5.32 Å². The molecular formula is C10H21NO3. The molecule has 0 aliphatic carbocycles. The normalized spacial score (nSPS) is 15.5. The predicted octanol–water partition coefficient (Wildman–Crippen LogP) is 0.848. The number of nitrogens with one attached hydrogen (secondary N) is 1. The minimum Gasteiger partial charge on any atom is -0.479 e. The Morgan fingerprint density at radius 2 is 2.07 bits per heavy atom. The summed E-state index contributed by atoms with van der Waals surface area (Å²) in [5.41, 5.74) is -1.65. The lowest BCUT2D eigenvalue weighted by molar-refractivity contribution is -0.156. The molecule has 0 aromatic heterocycles. The Bertz CT molecular complexity index is 178. The summed E-state index contributed by atoms with van der Waals surface area (Å²) in [5, 5.41) is 20.9. The minimum atomic E-state index is -1.65. The van der Waals surface area contributed by atoms with Gasteiger partial charge in [-0.3, -0.25) is 0 Å². The highest BCUT2D eigenvalue weighted by Gasteiger charge is 2.28. The number of aliphatic carboxylic acids is 1. The first-order valence-electron chi connectivity index (χ1n) is 5.02. The molecule has 0 saturated heterocycles. The molecule has 0 aliphatic rings. The van der Waals surface area contributed by atoms with Crippen LogP contribution in [0.5, 0.6) is 0 Å². The van der Waals surface area contributed by atoms with Gasteiger partial charge in [0.1, 0.15) is 0 Å². The average molecular weight is 203 g/mol. The van der Waals surface area contributed by atoms with Crippen LogP contribution >= 0.6 is 0 Å². The number of carbonyl (C=O) groups is 1. The summed E-state index contributed by atoms with van der Waals surface area (Å²) < 4.78 is 0. The maximum Gasteiger partial charge on any atom is 0.336 e. The first-order valence-corrected chi connectivity index (χ1v) is 5.02. The van der Waals surface area contributed by atoms with E-state index >= 15 is 0 Å². The van der Waals surface area contributed by atoms with E-state index in [4.69, 9.17) is 5.11 Å². The Morgan fingerprint density at radius 3 is 2.50 bits per heavy atom. The van der Waals surface area contributed by atoms with Gasteiger partial charge in [0.25, 0.3) is 0 Å². The summed E-state index contributed by atoms with van der Waals surface area (Å²) in [5.74, 6) is -0.523. The number of carboxylic acid groups (broad SMARTS) is 1. The van der Waals surface area contributed by atoms with Crippen molar-refractivity contribution in [3.63, 3.8) is 0 Å². The molecule has 0 aliphatic heterocycles. The van der Waals surface area contributed by atoms with Gasteiger partial charge in [-0.1, -0.05) is 13.8 Å². The van der Waals surface area contributed by atoms with Crippen LogP contribution in [-0.2, 0) is 4.79 Å². The zero-order valence-electron chi connectivity index (χ0n) is 9.21. The van der Waals surface area contributed by atoms with Crippen molar-refractivity contribution < 1.29 is 15.0 Å². The third-order valence-electron chi connectivity index (χ3n) is 2.06. The monoisotopic (exact) mass is 203 g/mol. The second-order valence-corrected chi connectivity index (χ2v) is 4.29. The molecule has 0 rings (SSSR count). The Labute approximate surface area is 85.3 Å². The molecule has 1 atom stereocenters. The highest BCUT2D eigenvalue weighted by Crippen LogP contribution is 2.03. The number of carboxylic acids is 1. The van der Waals surface area contributed by atoms with Crippen LogP contribution in [0.15, 0.2) is 0 Å². The van der Waals surface area contributed by atoms with Crippen LogP contribution in [0.2, 0.25) is 0 Å². The van der Waals surface area contributed by atoms with Crippen LogP contribution in [0.3, 0.4) is 0 Å². The molecule has 0 aromatic rings. The fourth-order valence-corrected chi connectivity index (χ4v) is 1.04. The van der Waals surface area contributed by atoms with Gasteiger partial charge >= 0.3 is 5.97 Å². The van der Waals surface area contributed by atoms with Crippen LogP contribution in [0.1, 0.15) is 33.6 Å². The molecule has 3 N–H and O–H groups in total. The Morgan fingerprint density at radius 1 is 1.50 bits per heavy atom. The lowest BCUT2D eigenvalue weighted by Gasteiger charge is -2.18. The summed E-state index contributed by atoms with van der Waals surface area (Å²) in [6.07, 6.45) is 2.12. The molecule has 0 bridgehead atoms. The highest BCUT2D eigenvalue weighted by atomic mass is 16.4. The second-order valence-electron chi connectivity index (χ2n) is 4.29. The van der Waals surface area contributed by atoms with Gasteiger partial charge in [0.2, 0.25) is 0 Å². The third-order valence-corrected chi connectivity index (χ3v) is 2.06. The van der Waals surface area contributed by atoms with E-state index < -0.39 is 11.6 Å². The fourth-order valence-electron chi connectivity index (χ4n) is 1.04. The molecule has 0 saturated carbocycles. The van der Waals surface area contributed by atoms with Crippen LogP contribution in [0.4, 0.5) is 0 Å². The summed E-state index contributed by atoms with van der Waals surface area (Å²) in [6, 6.07) is 0. The van der Waals surface area contributed by atoms with Crippen molar-refractivity contribution in [2.75, 3.05) is 13.1 Å². The van der Waals surface area contributed by atoms with Crippen molar-refractivity contribution in [2.45, 2.75) is 39.2 Å². The van der Waals surface area contributed by atoms with Gasteiger partial charge < -0.3 is 15.5 Å². The molecule has 84 valence electrons. The molecule has 1 unspecified atom stereocenters. The van der Waals surface area contributed by atoms with E-state index in [0.29, 0.717) is 5.92 Å². The van der Waals surface area contributed by atoms with Crippen molar-refractivity contribution in [2.24, 2.45) is 5.92 Å². The number of aliphatic hydroxyl groups is 1. The quantitative estimate of drug-likeness (QED) is 0.536. The number of hydrogen-bond donors (Lipinski definition) is 3. The summed E-state index contributed by atoms with van der Waals surface area (Å²) in [6.45, 7) is 6.44. The van der Waals surface area contributed by atoms with Gasteiger partial charge in [-0.05, 0) is 32.2 Å². The van der Waals surface area contributed by atoms with Crippen molar-refractivity contribution >= 4 is 5.97 Å².